The van der Waals surface area contributed by atoms with Crippen LogP contribution in [0.4, 0.5) is 17.1 Å². The first kappa shape index (κ1) is 19.9. The lowest BCUT2D eigenvalue weighted by molar-refractivity contribution is -0.384. The molecule has 10 nitrogen and oxygen atoms in total. The van der Waals surface area contributed by atoms with Crippen LogP contribution >= 0.6 is 0 Å². The molecule has 0 bridgehead atoms. The molecular formula is C23H20N4O6. The van der Waals surface area contributed by atoms with Crippen molar-refractivity contribution in [3.63, 3.8) is 0 Å². The van der Waals surface area contributed by atoms with E-state index in [2.05, 4.69) is 5.32 Å². The molecule has 3 fully saturated rings. The summed E-state index contributed by atoms with van der Waals surface area (Å²) in [5.74, 6) is -2.77. The van der Waals surface area contributed by atoms with Gasteiger partial charge in [0.1, 0.15) is 17.0 Å². The molecular weight excluding hydrogens is 428 g/mol. The third-order valence-corrected chi connectivity index (χ3v) is 7.51. The van der Waals surface area contributed by atoms with Gasteiger partial charge in [-0.05, 0) is 31.5 Å². The van der Waals surface area contributed by atoms with Gasteiger partial charge in [-0.2, -0.15) is 0 Å². The fraction of sp³-hybridized carbons (Fsp3) is 0.348. The number of anilines is 2. The van der Waals surface area contributed by atoms with E-state index in [4.69, 9.17) is 4.74 Å². The second kappa shape index (κ2) is 6.61. The molecule has 4 aliphatic heterocycles. The Bertz CT molecular complexity index is 1260. The second-order valence-corrected chi connectivity index (χ2v) is 8.80. The van der Waals surface area contributed by atoms with Crippen molar-refractivity contribution in [3.05, 3.63) is 58.1 Å². The first-order valence-corrected chi connectivity index (χ1v) is 10.8. The minimum absolute atomic E-state index is 0.0301. The predicted octanol–water partition coefficient (Wildman–Crippen LogP) is 2.03. The van der Waals surface area contributed by atoms with E-state index in [-0.39, 0.29) is 29.1 Å². The SMILES string of the molecule is COc1ccc([N+](=O)[O-])cc1N1C(=O)[C@H]2[C@H]3CCCN3[C@]3(C(=O)Nc4ccccc43)[C@@H]2C1=O. The monoisotopic (exact) mass is 448 g/mol. The van der Waals surface area contributed by atoms with Crippen molar-refractivity contribution in [1.29, 1.82) is 0 Å². The number of para-hydroxylation sites is 1. The molecule has 4 atom stereocenters. The Morgan fingerprint density at radius 3 is 2.70 bits per heavy atom. The van der Waals surface area contributed by atoms with E-state index in [1.807, 2.05) is 23.1 Å². The summed E-state index contributed by atoms with van der Waals surface area (Å²) in [5.41, 5.74) is -0.173. The fourth-order valence-corrected chi connectivity index (χ4v) is 6.36. The van der Waals surface area contributed by atoms with Gasteiger partial charge in [-0.15, -0.1) is 0 Å². The highest BCUT2D eigenvalue weighted by atomic mass is 16.6. The molecule has 4 aliphatic rings. The smallest absolute Gasteiger partial charge is 0.271 e. The number of benzene rings is 2. The molecule has 1 N–H and O–H groups in total. The molecule has 1 spiro atoms. The van der Waals surface area contributed by atoms with E-state index < -0.39 is 34.1 Å². The van der Waals surface area contributed by atoms with Crippen molar-refractivity contribution in [2.45, 2.75) is 24.4 Å². The van der Waals surface area contributed by atoms with Crippen LogP contribution in [0.2, 0.25) is 0 Å². The lowest BCUT2D eigenvalue weighted by Crippen LogP contribution is -2.54. The summed E-state index contributed by atoms with van der Waals surface area (Å²) in [4.78, 5) is 55.1. The largest absolute Gasteiger partial charge is 0.495 e. The van der Waals surface area contributed by atoms with E-state index in [9.17, 15) is 24.5 Å². The summed E-state index contributed by atoms with van der Waals surface area (Å²) in [7, 11) is 1.37. The van der Waals surface area contributed by atoms with Crippen LogP contribution in [0.3, 0.4) is 0 Å². The van der Waals surface area contributed by atoms with E-state index in [0.29, 0.717) is 24.2 Å². The van der Waals surface area contributed by atoms with Crippen LogP contribution in [0.1, 0.15) is 18.4 Å². The zero-order valence-corrected chi connectivity index (χ0v) is 17.7. The Kier molecular flexibility index (Phi) is 3.98. The first-order valence-electron chi connectivity index (χ1n) is 10.8. The summed E-state index contributed by atoms with van der Waals surface area (Å²) in [6.45, 7) is 0.611. The van der Waals surface area contributed by atoms with E-state index in [1.54, 1.807) is 6.07 Å². The first-order chi connectivity index (χ1) is 15.9. The molecule has 4 heterocycles. The Balaban J connectivity index is 1.55. The quantitative estimate of drug-likeness (QED) is 0.433. The average Bonchev–Trinajstić information content (AvgIpc) is 3.51. The average molecular weight is 448 g/mol. The zero-order chi connectivity index (χ0) is 23.1. The number of nitrogens with zero attached hydrogens (tertiary/aromatic N) is 3. The van der Waals surface area contributed by atoms with Gasteiger partial charge >= 0.3 is 0 Å². The summed E-state index contributed by atoms with van der Waals surface area (Å²) >= 11 is 0. The third-order valence-electron chi connectivity index (χ3n) is 7.51. The van der Waals surface area contributed by atoms with Gasteiger partial charge in [0.25, 0.3) is 5.69 Å². The van der Waals surface area contributed by atoms with Gasteiger partial charge in [-0.25, -0.2) is 4.90 Å². The van der Waals surface area contributed by atoms with Gasteiger partial charge in [-0.3, -0.25) is 29.4 Å². The van der Waals surface area contributed by atoms with Crippen LogP contribution in [-0.2, 0) is 19.9 Å². The number of carbonyl (C=O) groups excluding carboxylic acids is 3. The van der Waals surface area contributed by atoms with Crippen molar-refractivity contribution in [2.75, 3.05) is 23.9 Å². The number of amides is 3. The van der Waals surface area contributed by atoms with Crippen LogP contribution in [-0.4, -0.2) is 47.2 Å². The van der Waals surface area contributed by atoms with Crippen molar-refractivity contribution in [2.24, 2.45) is 11.8 Å². The molecule has 0 aliphatic carbocycles. The minimum Gasteiger partial charge on any atom is -0.495 e. The van der Waals surface area contributed by atoms with E-state index >= 15 is 0 Å². The Labute approximate surface area is 188 Å². The second-order valence-electron chi connectivity index (χ2n) is 8.80. The molecule has 0 radical (unpaired) electrons. The maximum atomic E-state index is 14.0. The molecule has 0 unspecified atom stereocenters. The molecule has 33 heavy (non-hydrogen) atoms. The maximum Gasteiger partial charge on any atom is 0.271 e. The van der Waals surface area contributed by atoms with Crippen LogP contribution in [0, 0.1) is 22.0 Å². The molecule has 3 saturated heterocycles. The number of nitrogens with one attached hydrogen (secondary N) is 1. The van der Waals surface area contributed by atoms with Gasteiger partial charge in [0.2, 0.25) is 17.7 Å². The van der Waals surface area contributed by atoms with Crippen LogP contribution < -0.4 is 15.0 Å². The number of rotatable bonds is 3. The van der Waals surface area contributed by atoms with Gasteiger partial charge < -0.3 is 10.1 Å². The molecule has 168 valence electrons. The number of ether oxygens (including phenoxy) is 1. The van der Waals surface area contributed by atoms with Gasteiger partial charge in [0.15, 0.2) is 0 Å². The molecule has 2 aromatic rings. The lowest BCUT2D eigenvalue weighted by Gasteiger charge is -2.36. The standard InChI is InChI=1S/C23H20N4O6/c1-33-17-9-8-12(27(31)32)11-16(17)26-20(28)18-15-7-4-10-25(15)23(19(18)21(26)29)13-5-2-3-6-14(13)24-22(23)30/h2-3,5-6,8-9,11,15,18-19H,4,7,10H2,1H3,(H,24,30)/t15-,18+,19+,23+/m1/s1. The van der Waals surface area contributed by atoms with Crippen molar-refractivity contribution in [3.8, 4) is 5.75 Å². The van der Waals surface area contributed by atoms with E-state index in [1.165, 1.54) is 25.3 Å². The number of nitro benzene ring substituents is 1. The van der Waals surface area contributed by atoms with E-state index in [0.717, 1.165) is 11.3 Å². The Morgan fingerprint density at radius 2 is 1.94 bits per heavy atom. The number of hydrogen-bond acceptors (Lipinski definition) is 7. The van der Waals surface area contributed by atoms with Gasteiger partial charge in [-0.1, -0.05) is 18.2 Å². The number of hydrogen-bond donors (Lipinski definition) is 1. The van der Waals surface area contributed by atoms with Crippen LogP contribution in [0.5, 0.6) is 5.75 Å². The highest BCUT2D eigenvalue weighted by molar-refractivity contribution is 6.26. The number of imide groups is 1. The molecule has 6 rings (SSSR count). The summed E-state index contributed by atoms with van der Waals surface area (Å²) < 4.78 is 5.33. The Morgan fingerprint density at radius 1 is 1.15 bits per heavy atom. The fourth-order valence-electron chi connectivity index (χ4n) is 6.36. The van der Waals surface area contributed by atoms with Crippen molar-refractivity contribution in [1.82, 2.24) is 4.90 Å². The number of non-ortho nitro benzene ring substituents is 1. The number of nitro groups is 1. The topological polar surface area (TPSA) is 122 Å². The highest BCUT2D eigenvalue weighted by Crippen LogP contribution is 2.61. The van der Waals surface area contributed by atoms with Gasteiger partial charge in [0, 0.05) is 29.4 Å². The molecule has 2 aromatic carbocycles. The summed E-state index contributed by atoms with van der Waals surface area (Å²) in [6.07, 6.45) is 1.50. The maximum absolute atomic E-state index is 14.0. The summed E-state index contributed by atoms with van der Waals surface area (Å²) in [5, 5.41) is 14.3. The number of fused-ring (bicyclic) bond motifs is 7. The van der Waals surface area contributed by atoms with Crippen LogP contribution in [0.25, 0.3) is 0 Å². The molecule has 10 heteroatoms. The Hall–Kier alpha value is -3.79. The molecule has 0 saturated carbocycles. The number of carbonyl (C=O) groups is 3. The lowest BCUT2D eigenvalue weighted by atomic mass is 9.75. The van der Waals surface area contributed by atoms with Crippen molar-refractivity contribution >= 4 is 34.8 Å². The predicted molar refractivity (Wildman–Crippen MR) is 116 cm³/mol. The number of methoxy groups -OCH3 is 1. The van der Waals surface area contributed by atoms with Crippen LogP contribution in [0.15, 0.2) is 42.5 Å². The summed E-state index contributed by atoms with van der Waals surface area (Å²) in [6, 6.07) is 10.8. The third kappa shape index (κ3) is 2.28. The van der Waals surface area contributed by atoms with Crippen molar-refractivity contribution < 1.29 is 24.0 Å². The van der Waals surface area contributed by atoms with Gasteiger partial charge in [0.05, 0.1) is 23.9 Å². The highest BCUT2D eigenvalue weighted by Gasteiger charge is 2.74. The zero-order valence-electron chi connectivity index (χ0n) is 17.7. The molecule has 3 amide bonds. The minimum atomic E-state index is -1.28. The molecule has 0 aromatic heterocycles. The normalized spacial score (nSPS) is 29.9.